The minimum atomic E-state index is 0.0147. The second kappa shape index (κ2) is 10.5. The van der Waals surface area contributed by atoms with Crippen LogP contribution in [0.2, 0.25) is 0 Å². The molecule has 3 aromatic rings. The summed E-state index contributed by atoms with van der Waals surface area (Å²) in [7, 11) is 1.67. The first-order valence-corrected chi connectivity index (χ1v) is 10.9. The molecule has 0 aliphatic rings. The fourth-order valence-electron chi connectivity index (χ4n) is 3.09. The molecule has 3 rings (SSSR count). The summed E-state index contributed by atoms with van der Waals surface area (Å²) in [6.45, 7) is 5.98. The van der Waals surface area contributed by atoms with E-state index in [9.17, 15) is 4.79 Å². The van der Waals surface area contributed by atoms with Crippen LogP contribution in [0.1, 0.15) is 24.0 Å². The Morgan fingerprint density at radius 3 is 2.72 bits per heavy atom. The predicted octanol–water partition coefficient (Wildman–Crippen LogP) is 4.61. The third-order valence-corrected chi connectivity index (χ3v) is 5.74. The van der Waals surface area contributed by atoms with E-state index in [-0.39, 0.29) is 5.56 Å². The molecule has 0 bridgehead atoms. The minimum Gasteiger partial charge on any atom is -0.493 e. The Bertz CT molecular complexity index is 1020. The van der Waals surface area contributed by atoms with Crippen LogP contribution in [0.5, 0.6) is 5.75 Å². The third kappa shape index (κ3) is 5.61. The number of nitrogens with zero attached hydrogens (tertiary/aromatic N) is 2. The lowest BCUT2D eigenvalue weighted by Crippen LogP contribution is -2.24. The molecule has 1 aromatic heterocycles. The topological polar surface area (TPSA) is 53.4 Å². The number of para-hydroxylation sites is 1. The molecule has 2 aromatic carbocycles. The molecule has 1 heterocycles. The van der Waals surface area contributed by atoms with Crippen molar-refractivity contribution in [3.05, 3.63) is 63.9 Å². The van der Waals surface area contributed by atoms with Crippen LogP contribution in [-0.4, -0.2) is 35.6 Å². The van der Waals surface area contributed by atoms with E-state index in [2.05, 4.69) is 32.0 Å². The molecule has 0 saturated heterocycles. The number of benzene rings is 2. The molecule has 0 unspecified atom stereocenters. The van der Waals surface area contributed by atoms with Crippen LogP contribution in [0.25, 0.3) is 10.9 Å². The SMILES string of the molecule is COCCCn1c(SCCCOc2cc(C)ccc2C)nc2ccccc2c1=O. The highest BCUT2D eigenvalue weighted by molar-refractivity contribution is 7.99. The van der Waals surface area contributed by atoms with Gasteiger partial charge in [-0.25, -0.2) is 4.98 Å². The van der Waals surface area contributed by atoms with Crippen molar-refractivity contribution in [3.8, 4) is 5.75 Å². The maximum atomic E-state index is 12.9. The quantitative estimate of drug-likeness (QED) is 0.276. The number of hydrogen-bond acceptors (Lipinski definition) is 5. The molecular weight excluding hydrogens is 384 g/mol. The zero-order valence-electron chi connectivity index (χ0n) is 17.3. The van der Waals surface area contributed by atoms with Crippen molar-refractivity contribution < 1.29 is 9.47 Å². The lowest BCUT2D eigenvalue weighted by atomic mass is 10.1. The molecule has 0 aliphatic carbocycles. The van der Waals surface area contributed by atoms with Crippen LogP contribution < -0.4 is 10.3 Å². The number of aryl methyl sites for hydroxylation is 2. The summed E-state index contributed by atoms with van der Waals surface area (Å²) in [5.41, 5.74) is 3.10. The molecule has 5 nitrogen and oxygen atoms in total. The van der Waals surface area contributed by atoms with Crippen molar-refractivity contribution in [3.63, 3.8) is 0 Å². The van der Waals surface area contributed by atoms with Gasteiger partial charge in [0.1, 0.15) is 5.75 Å². The number of hydrogen-bond donors (Lipinski definition) is 0. The van der Waals surface area contributed by atoms with Gasteiger partial charge in [-0.3, -0.25) is 9.36 Å². The van der Waals surface area contributed by atoms with Crippen LogP contribution in [0.15, 0.2) is 52.4 Å². The smallest absolute Gasteiger partial charge is 0.262 e. The average molecular weight is 413 g/mol. The Morgan fingerprint density at radius 2 is 1.90 bits per heavy atom. The molecule has 29 heavy (non-hydrogen) atoms. The molecule has 0 fully saturated rings. The van der Waals surface area contributed by atoms with Crippen LogP contribution in [0.4, 0.5) is 0 Å². The molecule has 0 spiro atoms. The zero-order chi connectivity index (χ0) is 20.6. The second-order valence-electron chi connectivity index (χ2n) is 7.03. The molecule has 0 saturated carbocycles. The Hall–Kier alpha value is -2.31. The van der Waals surface area contributed by atoms with E-state index in [0.29, 0.717) is 25.1 Å². The Kier molecular flexibility index (Phi) is 7.72. The second-order valence-corrected chi connectivity index (χ2v) is 8.10. The lowest BCUT2D eigenvalue weighted by Gasteiger charge is -2.13. The van der Waals surface area contributed by atoms with Crippen LogP contribution in [0.3, 0.4) is 0 Å². The summed E-state index contributed by atoms with van der Waals surface area (Å²) in [6, 6.07) is 13.8. The van der Waals surface area contributed by atoms with Gasteiger partial charge < -0.3 is 9.47 Å². The van der Waals surface area contributed by atoms with E-state index in [1.807, 2.05) is 24.3 Å². The molecule has 0 aliphatic heterocycles. The largest absolute Gasteiger partial charge is 0.493 e. The third-order valence-electron chi connectivity index (χ3n) is 4.68. The highest BCUT2D eigenvalue weighted by Crippen LogP contribution is 2.21. The van der Waals surface area contributed by atoms with E-state index >= 15 is 0 Å². The number of fused-ring (bicyclic) bond motifs is 1. The van der Waals surface area contributed by atoms with Crippen LogP contribution in [0, 0.1) is 13.8 Å². The summed E-state index contributed by atoms with van der Waals surface area (Å²) in [5, 5.41) is 1.42. The fraction of sp³-hybridized carbons (Fsp3) is 0.391. The summed E-state index contributed by atoms with van der Waals surface area (Å²) < 4.78 is 12.9. The van der Waals surface area contributed by atoms with Gasteiger partial charge in [0.2, 0.25) is 0 Å². The maximum Gasteiger partial charge on any atom is 0.262 e. The van der Waals surface area contributed by atoms with Gasteiger partial charge in [0, 0.05) is 26.0 Å². The maximum absolute atomic E-state index is 12.9. The van der Waals surface area contributed by atoms with Gasteiger partial charge in [0.15, 0.2) is 5.16 Å². The number of methoxy groups -OCH3 is 1. The van der Waals surface area contributed by atoms with E-state index in [1.54, 1.807) is 23.4 Å². The summed E-state index contributed by atoms with van der Waals surface area (Å²) in [5.74, 6) is 1.77. The van der Waals surface area contributed by atoms with Crippen LogP contribution in [-0.2, 0) is 11.3 Å². The highest BCUT2D eigenvalue weighted by Gasteiger charge is 2.11. The summed E-state index contributed by atoms with van der Waals surface area (Å²) in [6.07, 6.45) is 1.65. The molecule has 0 N–H and O–H groups in total. The fourth-order valence-corrected chi connectivity index (χ4v) is 4.03. The number of aromatic nitrogens is 2. The Morgan fingerprint density at radius 1 is 1.07 bits per heavy atom. The van der Waals surface area contributed by atoms with Gasteiger partial charge in [-0.05, 0) is 56.0 Å². The Balaban J connectivity index is 1.65. The van der Waals surface area contributed by atoms with Gasteiger partial charge in [-0.15, -0.1) is 0 Å². The van der Waals surface area contributed by atoms with E-state index in [4.69, 9.17) is 14.5 Å². The molecule has 154 valence electrons. The first kappa shape index (κ1) is 21.4. The minimum absolute atomic E-state index is 0.0147. The molecule has 0 amide bonds. The summed E-state index contributed by atoms with van der Waals surface area (Å²) >= 11 is 1.61. The predicted molar refractivity (Wildman–Crippen MR) is 119 cm³/mol. The molecular formula is C23H28N2O3S. The van der Waals surface area contributed by atoms with Crippen molar-refractivity contribution in [2.24, 2.45) is 0 Å². The van der Waals surface area contributed by atoms with Gasteiger partial charge in [0.25, 0.3) is 5.56 Å². The van der Waals surface area contributed by atoms with Gasteiger partial charge >= 0.3 is 0 Å². The monoisotopic (exact) mass is 412 g/mol. The normalized spacial score (nSPS) is 11.1. The first-order valence-electron chi connectivity index (χ1n) is 9.91. The lowest BCUT2D eigenvalue weighted by molar-refractivity contribution is 0.189. The number of rotatable bonds is 10. The number of ether oxygens (including phenoxy) is 2. The van der Waals surface area contributed by atoms with E-state index < -0.39 is 0 Å². The van der Waals surface area contributed by atoms with Gasteiger partial charge in [-0.2, -0.15) is 0 Å². The molecule has 0 radical (unpaired) electrons. The van der Waals surface area contributed by atoms with Crippen molar-refractivity contribution in [2.45, 2.75) is 38.4 Å². The van der Waals surface area contributed by atoms with Crippen molar-refractivity contribution >= 4 is 22.7 Å². The van der Waals surface area contributed by atoms with E-state index in [1.165, 1.54) is 5.56 Å². The van der Waals surface area contributed by atoms with Gasteiger partial charge in [-0.1, -0.05) is 36.0 Å². The van der Waals surface area contributed by atoms with Crippen molar-refractivity contribution in [1.29, 1.82) is 0 Å². The van der Waals surface area contributed by atoms with Crippen molar-refractivity contribution in [1.82, 2.24) is 9.55 Å². The van der Waals surface area contributed by atoms with E-state index in [0.717, 1.165) is 40.6 Å². The standard InChI is InChI=1S/C23H28N2O3S/c1-17-10-11-18(2)21(16-17)28-14-7-15-29-23-24-20-9-5-4-8-19(20)22(26)25(23)12-6-13-27-3/h4-5,8-11,16H,6-7,12-15H2,1-3H3. The molecule has 6 heteroatoms. The molecule has 0 atom stereocenters. The Labute approximate surface area is 176 Å². The summed E-state index contributed by atoms with van der Waals surface area (Å²) in [4.78, 5) is 17.7. The van der Waals surface area contributed by atoms with Gasteiger partial charge in [0.05, 0.1) is 17.5 Å². The van der Waals surface area contributed by atoms with Crippen LogP contribution >= 0.6 is 11.8 Å². The number of thioether (sulfide) groups is 1. The van der Waals surface area contributed by atoms with Crippen molar-refractivity contribution in [2.75, 3.05) is 26.1 Å². The first-order chi connectivity index (χ1) is 14.1. The average Bonchev–Trinajstić information content (AvgIpc) is 2.72. The highest BCUT2D eigenvalue weighted by atomic mass is 32.2. The zero-order valence-corrected chi connectivity index (χ0v) is 18.1.